The number of aliphatic hydroxyl groups excluding tert-OH is 1. The van der Waals surface area contributed by atoms with Gasteiger partial charge in [-0.25, -0.2) is 4.98 Å². The molecule has 0 amide bonds. The second-order valence-electron chi connectivity index (χ2n) is 4.21. The summed E-state index contributed by atoms with van der Waals surface area (Å²) in [6, 6.07) is 11.3. The Kier molecular flexibility index (Phi) is 3.15. The third-order valence-corrected chi connectivity index (χ3v) is 3.29. The maximum absolute atomic E-state index is 9.52. The number of hydrogen-bond donors (Lipinski definition) is 1. The van der Waals surface area contributed by atoms with Crippen LogP contribution >= 0.6 is 11.6 Å². The van der Waals surface area contributed by atoms with Crippen LogP contribution in [0.4, 0.5) is 0 Å². The van der Waals surface area contributed by atoms with Gasteiger partial charge in [-0.05, 0) is 24.3 Å². The molecule has 3 nitrogen and oxygen atoms in total. The van der Waals surface area contributed by atoms with E-state index in [1.165, 1.54) is 0 Å². The molecule has 0 radical (unpaired) electrons. The summed E-state index contributed by atoms with van der Waals surface area (Å²) in [6.07, 6.45) is 3.43. The van der Waals surface area contributed by atoms with Crippen molar-refractivity contribution in [2.45, 2.75) is 6.61 Å². The Morgan fingerprint density at radius 1 is 1.16 bits per heavy atom. The highest BCUT2D eigenvalue weighted by molar-refractivity contribution is 6.35. The standard InChI is InChI=1S/C15H11ClN2O/c16-13-5-1-3-10-7-12(9-19)14(18-15(10)13)11-4-2-6-17-8-11/h1-8,19H,9H2. The van der Waals surface area contributed by atoms with E-state index in [-0.39, 0.29) is 6.61 Å². The number of pyridine rings is 2. The van der Waals surface area contributed by atoms with Crippen LogP contribution < -0.4 is 0 Å². The molecule has 0 spiro atoms. The van der Waals surface area contributed by atoms with Gasteiger partial charge in [0, 0.05) is 28.9 Å². The van der Waals surface area contributed by atoms with Gasteiger partial charge in [0.05, 0.1) is 22.8 Å². The summed E-state index contributed by atoms with van der Waals surface area (Å²) in [5.74, 6) is 0. The van der Waals surface area contributed by atoms with Crippen LogP contribution in [0, 0.1) is 0 Å². The summed E-state index contributed by atoms with van der Waals surface area (Å²) in [5, 5.41) is 11.0. The molecule has 0 aliphatic rings. The average Bonchev–Trinajstić information content (AvgIpc) is 2.47. The minimum Gasteiger partial charge on any atom is -0.392 e. The van der Waals surface area contributed by atoms with E-state index in [2.05, 4.69) is 9.97 Å². The molecule has 0 unspecified atom stereocenters. The molecule has 19 heavy (non-hydrogen) atoms. The molecular weight excluding hydrogens is 260 g/mol. The predicted molar refractivity (Wildman–Crippen MR) is 75.9 cm³/mol. The van der Waals surface area contributed by atoms with Crippen molar-refractivity contribution in [3.63, 3.8) is 0 Å². The van der Waals surface area contributed by atoms with Crippen molar-refractivity contribution in [1.29, 1.82) is 0 Å². The second kappa shape index (κ2) is 4.96. The van der Waals surface area contributed by atoms with E-state index < -0.39 is 0 Å². The van der Waals surface area contributed by atoms with Crippen molar-refractivity contribution in [1.82, 2.24) is 9.97 Å². The maximum atomic E-state index is 9.52. The van der Waals surface area contributed by atoms with Crippen molar-refractivity contribution in [3.05, 3.63) is 59.4 Å². The van der Waals surface area contributed by atoms with Crippen LogP contribution in [-0.4, -0.2) is 15.1 Å². The van der Waals surface area contributed by atoms with E-state index in [4.69, 9.17) is 11.6 Å². The Hall–Kier alpha value is -1.97. The fraction of sp³-hybridized carbons (Fsp3) is 0.0667. The first kappa shape index (κ1) is 12.1. The van der Waals surface area contributed by atoms with Crippen molar-refractivity contribution < 1.29 is 5.11 Å². The molecule has 3 aromatic rings. The van der Waals surface area contributed by atoms with Gasteiger partial charge in [0.2, 0.25) is 0 Å². The largest absolute Gasteiger partial charge is 0.392 e. The van der Waals surface area contributed by atoms with Crippen LogP contribution in [0.25, 0.3) is 22.2 Å². The summed E-state index contributed by atoms with van der Waals surface area (Å²) < 4.78 is 0. The lowest BCUT2D eigenvalue weighted by atomic mass is 10.1. The number of para-hydroxylation sites is 1. The Morgan fingerprint density at radius 3 is 2.79 bits per heavy atom. The Morgan fingerprint density at radius 2 is 2.05 bits per heavy atom. The summed E-state index contributed by atoms with van der Waals surface area (Å²) in [6.45, 7) is -0.0698. The van der Waals surface area contributed by atoms with Gasteiger partial charge >= 0.3 is 0 Å². The highest BCUT2D eigenvalue weighted by Crippen LogP contribution is 2.28. The Labute approximate surface area is 115 Å². The zero-order chi connectivity index (χ0) is 13.2. The van der Waals surface area contributed by atoms with Crippen molar-refractivity contribution >= 4 is 22.5 Å². The van der Waals surface area contributed by atoms with E-state index in [0.717, 1.165) is 27.7 Å². The van der Waals surface area contributed by atoms with Gasteiger partial charge in [-0.1, -0.05) is 23.7 Å². The molecule has 0 fully saturated rings. The number of nitrogens with zero attached hydrogens (tertiary/aromatic N) is 2. The summed E-state index contributed by atoms with van der Waals surface area (Å²) in [7, 11) is 0. The summed E-state index contributed by atoms with van der Waals surface area (Å²) in [4.78, 5) is 8.67. The number of benzene rings is 1. The number of halogens is 1. The number of hydrogen-bond acceptors (Lipinski definition) is 3. The van der Waals surface area contributed by atoms with Gasteiger partial charge in [-0.2, -0.15) is 0 Å². The molecule has 0 bridgehead atoms. The molecule has 1 aromatic carbocycles. The number of aliphatic hydroxyl groups is 1. The summed E-state index contributed by atoms with van der Waals surface area (Å²) in [5.41, 5.74) is 3.09. The second-order valence-corrected chi connectivity index (χ2v) is 4.61. The van der Waals surface area contributed by atoms with Gasteiger partial charge < -0.3 is 5.11 Å². The SMILES string of the molecule is OCc1cc2cccc(Cl)c2nc1-c1cccnc1. The lowest BCUT2D eigenvalue weighted by Gasteiger charge is -2.09. The first-order valence-corrected chi connectivity index (χ1v) is 6.27. The molecule has 2 heterocycles. The molecule has 0 saturated carbocycles. The summed E-state index contributed by atoms with van der Waals surface area (Å²) >= 11 is 6.17. The molecule has 3 rings (SSSR count). The molecule has 0 aliphatic heterocycles. The molecule has 94 valence electrons. The molecule has 2 aromatic heterocycles. The minimum absolute atomic E-state index is 0.0698. The van der Waals surface area contributed by atoms with Gasteiger partial charge in [0.1, 0.15) is 0 Å². The van der Waals surface area contributed by atoms with E-state index in [1.807, 2.05) is 36.4 Å². The van der Waals surface area contributed by atoms with Gasteiger partial charge in [-0.15, -0.1) is 0 Å². The topological polar surface area (TPSA) is 46.0 Å². The Bertz CT molecular complexity index is 729. The number of rotatable bonds is 2. The predicted octanol–water partition coefficient (Wildman–Crippen LogP) is 3.44. The first-order valence-electron chi connectivity index (χ1n) is 5.89. The molecule has 0 atom stereocenters. The van der Waals surface area contributed by atoms with Gasteiger partial charge in [0.25, 0.3) is 0 Å². The van der Waals surface area contributed by atoms with Crippen molar-refractivity contribution in [3.8, 4) is 11.3 Å². The fourth-order valence-corrected chi connectivity index (χ4v) is 2.30. The smallest absolute Gasteiger partial charge is 0.0895 e. The third-order valence-electron chi connectivity index (χ3n) is 2.98. The molecular formula is C15H11ClN2O. The van der Waals surface area contributed by atoms with E-state index in [9.17, 15) is 5.11 Å². The Balaban J connectivity index is 2.32. The number of fused-ring (bicyclic) bond motifs is 1. The lowest BCUT2D eigenvalue weighted by Crippen LogP contribution is -1.95. The van der Waals surface area contributed by atoms with E-state index in [1.54, 1.807) is 12.4 Å². The normalized spacial score (nSPS) is 10.8. The maximum Gasteiger partial charge on any atom is 0.0895 e. The van der Waals surface area contributed by atoms with E-state index >= 15 is 0 Å². The zero-order valence-electron chi connectivity index (χ0n) is 10.0. The minimum atomic E-state index is -0.0698. The van der Waals surface area contributed by atoms with Crippen LogP contribution in [0.1, 0.15) is 5.56 Å². The molecule has 0 aliphatic carbocycles. The monoisotopic (exact) mass is 270 g/mol. The average molecular weight is 271 g/mol. The quantitative estimate of drug-likeness (QED) is 0.776. The molecule has 4 heteroatoms. The van der Waals surface area contributed by atoms with Gasteiger partial charge in [-0.3, -0.25) is 4.98 Å². The highest BCUT2D eigenvalue weighted by atomic mass is 35.5. The fourth-order valence-electron chi connectivity index (χ4n) is 2.08. The van der Waals surface area contributed by atoms with Crippen LogP contribution in [0.3, 0.4) is 0 Å². The van der Waals surface area contributed by atoms with Crippen LogP contribution in [0.5, 0.6) is 0 Å². The van der Waals surface area contributed by atoms with E-state index in [0.29, 0.717) is 5.02 Å². The van der Waals surface area contributed by atoms with Gasteiger partial charge in [0.15, 0.2) is 0 Å². The van der Waals surface area contributed by atoms with Crippen molar-refractivity contribution in [2.24, 2.45) is 0 Å². The zero-order valence-corrected chi connectivity index (χ0v) is 10.8. The van der Waals surface area contributed by atoms with Crippen molar-refractivity contribution in [2.75, 3.05) is 0 Å². The highest BCUT2D eigenvalue weighted by Gasteiger charge is 2.10. The third kappa shape index (κ3) is 2.18. The lowest BCUT2D eigenvalue weighted by molar-refractivity contribution is 0.282. The van der Waals surface area contributed by atoms with Crippen LogP contribution in [0.15, 0.2) is 48.8 Å². The molecule has 1 N–H and O–H groups in total. The van der Waals surface area contributed by atoms with Crippen LogP contribution in [-0.2, 0) is 6.61 Å². The first-order chi connectivity index (χ1) is 9.29. The molecule has 0 saturated heterocycles. The number of aromatic nitrogens is 2. The van der Waals surface area contributed by atoms with Crippen LogP contribution in [0.2, 0.25) is 5.02 Å².